The summed E-state index contributed by atoms with van der Waals surface area (Å²) in [5, 5.41) is 2.75. The lowest BCUT2D eigenvalue weighted by Gasteiger charge is -2.32. The van der Waals surface area contributed by atoms with E-state index in [-0.39, 0.29) is 12.3 Å². The number of nitrogens with one attached hydrogen (secondary N) is 1. The second-order valence-electron chi connectivity index (χ2n) is 8.65. The molecule has 1 fully saturated rings. The van der Waals surface area contributed by atoms with Crippen LogP contribution in [0.5, 0.6) is 0 Å². The quantitative estimate of drug-likeness (QED) is 0.403. The van der Waals surface area contributed by atoms with E-state index in [2.05, 4.69) is 22.2 Å². The lowest BCUT2D eigenvalue weighted by molar-refractivity contribution is 0.101. The van der Waals surface area contributed by atoms with E-state index in [1.54, 1.807) is 36.4 Å². The Morgan fingerprint density at radius 3 is 2.65 bits per heavy atom. The molecule has 0 saturated carbocycles. The summed E-state index contributed by atoms with van der Waals surface area (Å²) in [6, 6.07) is 12.1. The number of ketones is 1. The molecule has 2 aromatic carbocycles. The van der Waals surface area contributed by atoms with Crippen molar-refractivity contribution in [1.82, 2.24) is 14.4 Å². The molecular formula is C25H30N4O5. The minimum absolute atomic E-state index is 0.0876. The number of anilines is 1. The largest absolute Gasteiger partial charge is 0.449 e. The topological polar surface area (TPSA) is 97.0 Å². The van der Waals surface area contributed by atoms with Crippen molar-refractivity contribution in [2.45, 2.75) is 19.9 Å². The van der Waals surface area contributed by atoms with Crippen LogP contribution in [0.2, 0.25) is 0 Å². The van der Waals surface area contributed by atoms with Gasteiger partial charge in [0.05, 0.1) is 18.7 Å². The molecule has 0 atom stereocenters. The van der Waals surface area contributed by atoms with Crippen LogP contribution in [0.4, 0.5) is 10.5 Å². The Labute approximate surface area is 197 Å². The molecule has 9 nitrogen and oxygen atoms in total. The average Bonchev–Trinajstić information content (AvgIpc) is 3.12. The zero-order chi connectivity index (χ0) is 24.1. The van der Waals surface area contributed by atoms with Crippen LogP contribution in [0.3, 0.4) is 0 Å². The van der Waals surface area contributed by atoms with E-state index in [1.807, 2.05) is 6.07 Å². The van der Waals surface area contributed by atoms with Gasteiger partial charge in [-0.3, -0.25) is 14.7 Å². The predicted octanol–water partition coefficient (Wildman–Crippen LogP) is 3.03. The van der Waals surface area contributed by atoms with E-state index in [4.69, 9.17) is 9.15 Å². The van der Waals surface area contributed by atoms with Crippen molar-refractivity contribution in [3.63, 3.8) is 0 Å². The second kappa shape index (κ2) is 10.7. The fourth-order valence-electron chi connectivity index (χ4n) is 4.04. The number of benzene rings is 2. The third-order valence-corrected chi connectivity index (χ3v) is 6.04. The summed E-state index contributed by atoms with van der Waals surface area (Å²) in [5.41, 5.74) is 2.85. The standard InChI is InChI=1S/C25H30N4O5/c1-18(30)20-7-8-23-22(16-20)29(25(32)34-23)17-19-5-3-6-21(15-19)26-24(31)33-14-4-9-28-12-10-27(2)11-13-28/h3,5-8,15-16H,4,9-14,17H2,1-2H3,(H,26,31). The van der Waals surface area contributed by atoms with Crippen LogP contribution in [-0.4, -0.2) is 72.6 Å². The Balaban J connectivity index is 1.33. The first-order chi connectivity index (χ1) is 16.4. The molecule has 0 bridgehead atoms. The van der Waals surface area contributed by atoms with Crippen molar-refractivity contribution >= 4 is 28.7 Å². The number of Topliss-reactive ketones (excluding diaryl/α,β-unsaturated/α-hetero) is 1. The first kappa shape index (κ1) is 23.7. The Morgan fingerprint density at radius 1 is 1.09 bits per heavy atom. The molecule has 2 heterocycles. The number of likely N-dealkylation sites (N-methyl/N-ethyl adjacent to an activating group) is 1. The maximum Gasteiger partial charge on any atom is 0.420 e. The number of ether oxygens (including phenoxy) is 1. The molecule has 3 aromatic rings. The van der Waals surface area contributed by atoms with Gasteiger partial charge in [-0.25, -0.2) is 9.59 Å². The molecular weight excluding hydrogens is 436 g/mol. The third kappa shape index (κ3) is 5.92. The maximum absolute atomic E-state index is 12.4. The third-order valence-electron chi connectivity index (χ3n) is 6.04. The number of rotatable bonds is 8. The van der Waals surface area contributed by atoms with Crippen molar-refractivity contribution in [1.29, 1.82) is 0 Å². The van der Waals surface area contributed by atoms with Gasteiger partial charge in [0.15, 0.2) is 11.4 Å². The van der Waals surface area contributed by atoms with Crippen molar-refractivity contribution < 1.29 is 18.7 Å². The number of oxazole rings is 1. The molecule has 1 aliphatic heterocycles. The van der Waals surface area contributed by atoms with Crippen molar-refractivity contribution in [2.75, 3.05) is 51.7 Å². The molecule has 1 N–H and O–H groups in total. The number of amides is 1. The van der Waals surface area contributed by atoms with Crippen molar-refractivity contribution in [3.8, 4) is 0 Å². The lowest BCUT2D eigenvalue weighted by Crippen LogP contribution is -2.44. The molecule has 0 aliphatic carbocycles. The van der Waals surface area contributed by atoms with Gasteiger partial charge in [0.25, 0.3) is 0 Å². The molecule has 0 unspecified atom stereocenters. The summed E-state index contributed by atoms with van der Waals surface area (Å²) in [7, 11) is 2.12. The summed E-state index contributed by atoms with van der Waals surface area (Å²) in [5.74, 6) is -0.593. The van der Waals surface area contributed by atoms with Gasteiger partial charge in [0.2, 0.25) is 0 Å². The van der Waals surface area contributed by atoms with Gasteiger partial charge in [-0.2, -0.15) is 0 Å². The normalized spacial score (nSPS) is 14.9. The van der Waals surface area contributed by atoms with Crippen LogP contribution in [0, 0.1) is 0 Å². The zero-order valence-electron chi connectivity index (χ0n) is 19.6. The molecule has 180 valence electrons. The van der Waals surface area contributed by atoms with Crippen LogP contribution < -0.4 is 11.1 Å². The maximum atomic E-state index is 12.4. The summed E-state index contributed by atoms with van der Waals surface area (Å²) < 4.78 is 12.1. The monoisotopic (exact) mass is 466 g/mol. The van der Waals surface area contributed by atoms with Crippen LogP contribution in [0.1, 0.15) is 29.3 Å². The number of carbonyl (C=O) groups is 2. The molecule has 1 amide bonds. The van der Waals surface area contributed by atoms with E-state index < -0.39 is 11.8 Å². The first-order valence-electron chi connectivity index (χ1n) is 11.5. The highest BCUT2D eigenvalue weighted by atomic mass is 16.5. The predicted molar refractivity (Wildman–Crippen MR) is 130 cm³/mol. The summed E-state index contributed by atoms with van der Waals surface area (Å²) in [4.78, 5) is 41.0. The van der Waals surface area contributed by atoms with E-state index in [0.29, 0.717) is 29.0 Å². The molecule has 1 aliphatic rings. The zero-order valence-corrected chi connectivity index (χ0v) is 19.6. The number of hydrogen-bond donors (Lipinski definition) is 1. The van der Waals surface area contributed by atoms with E-state index in [0.717, 1.165) is 44.7 Å². The molecule has 4 rings (SSSR count). The van der Waals surface area contributed by atoms with Crippen molar-refractivity contribution in [2.24, 2.45) is 0 Å². The molecule has 0 radical (unpaired) electrons. The highest BCUT2D eigenvalue weighted by Gasteiger charge is 2.14. The van der Waals surface area contributed by atoms with Gasteiger partial charge in [-0.1, -0.05) is 12.1 Å². The van der Waals surface area contributed by atoms with Crippen molar-refractivity contribution in [3.05, 3.63) is 64.1 Å². The fourth-order valence-corrected chi connectivity index (χ4v) is 4.04. The average molecular weight is 467 g/mol. The number of piperazine rings is 1. The Bertz CT molecular complexity index is 1220. The molecule has 0 spiro atoms. The van der Waals surface area contributed by atoms with E-state index in [1.165, 1.54) is 11.5 Å². The van der Waals surface area contributed by atoms with Gasteiger partial charge in [0.1, 0.15) is 0 Å². The molecule has 1 aromatic heterocycles. The summed E-state index contributed by atoms with van der Waals surface area (Å²) >= 11 is 0. The fraction of sp³-hybridized carbons (Fsp3) is 0.400. The number of nitrogens with zero attached hydrogens (tertiary/aromatic N) is 3. The van der Waals surface area contributed by atoms with Gasteiger partial charge < -0.3 is 19.0 Å². The Kier molecular flexibility index (Phi) is 7.44. The summed E-state index contributed by atoms with van der Waals surface area (Å²) in [6.45, 7) is 7.20. The highest BCUT2D eigenvalue weighted by molar-refractivity contribution is 5.97. The van der Waals surface area contributed by atoms with Gasteiger partial charge in [0, 0.05) is 44.0 Å². The Hall–Kier alpha value is -3.43. The number of carbonyl (C=O) groups excluding carboxylic acids is 2. The highest BCUT2D eigenvalue weighted by Crippen LogP contribution is 2.18. The first-order valence-corrected chi connectivity index (χ1v) is 11.5. The van der Waals surface area contributed by atoms with Crippen LogP contribution in [0.25, 0.3) is 11.1 Å². The van der Waals surface area contributed by atoms with Crippen LogP contribution in [-0.2, 0) is 11.3 Å². The molecule has 9 heteroatoms. The van der Waals surface area contributed by atoms with Crippen LogP contribution in [0.15, 0.2) is 51.7 Å². The second-order valence-corrected chi connectivity index (χ2v) is 8.65. The van der Waals surface area contributed by atoms with Gasteiger partial charge >= 0.3 is 11.8 Å². The minimum Gasteiger partial charge on any atom is -0.449 e. The smallest absolute Gasteiger partial charge is 0.420 e. The molecule has 34 heavy (non-hydrogen) atoms. The Morgan fingerprint density at radius 2 is 1.88 bits per heavy atom. The number of fused-ring (bicyclic) bond motifs is 1. The minimum atomic E-state index is -0.507. The number of hydrogen-bond acceptors (Lipinski definition) is 7. The SMILES string of the molecule is CC(=O)c1ccc2oc(=O)n(Cc3cccc(NC(=O)OCCCN4CCN(C)CC4)c3)c2c1. The number of aromatic nitrogens is 1. The van der Waals surface area contributed by atoms with E-state index >= 15 is 0 Å². The van der Waals surface area contributed by atoms with Gasteiger partial charge in [-0.05, 0) is 56.3 Å². The van der Waals surface area contributed by atoms with Gasteiger partial charge in [-0.15, -0.1) is 0 Å². The summed E-state index contributed by atoms with van der Waals surface area (Å²) in [6.07, 6.45) is 0.281. The molecule has 1 saturated heterocycles. The van der Waals surface area contributed by atoms with Crippen LogP contribution >= 0.6 is 0 Å². The van der Waals surface area contributed by atoms with E-state index in [9.17, 15) is 14.4 Å². The lowest BCUT2D eigenvalue weighted by atomic mass is 10.1.